The molecule has 8 nitrogen and oxygen atoms in total. The van der Waals surface area contributed by atoms with Crippen LogP contribution in [0, 0.1) is 10.1 Å². The van der Waals surface area contributed by atoms with E-state index >= 15 is 0 Å². The molecule has 2 N–H and O–H groups in total. The number of hydrazone groups is 1. The van der Waals surface area contributed by atoms with Gasteiger partial charge in [0.05, 0.1) is 11.1 Å². The molecule has 2 amide bonds. The Hall–Kier alpha value is -3.26. The zero-order valence-corrected chi connectivity index (χ0v) is 14.5. The number of nitro groups is 1. The van der Waals surface area contributed by atoms with Crippen LogP contribution in [-0.4, -0.2) is 23.0 Å². The Morgan fingerprint density at radius 3 is 2.50 bits per heavy atom. The van der Waals surface area contributed by atoms with E-state index in [1.165, 1.54) is 24.4 Å². The number of rotatable bonds is 5. The van der Waals surface area contributed by atoms with E-state index in [4.69, 9.17) is 11.6 Å². The van der Waals surface area contributed by atoms with Gasteiger partial charge < -0.3 is 5.32 Å². The maximum absolute atomic E-state index is 11.8. The molecule has 0 unspecified atom stereocenters. The van der Waals surface area contributed by atoms with Crippen LogP contribution in [-0.2, 0) is 16.0 Å². The van der Waals surface area contributed by atoms with Gasteiger partial charge in [0.1, 0.15) is 5.02 Å². The zero-order valence-electron chi connectivity index (χ0n) is 13.7. The van der Waals surface area contributed by atoms with Gasteiger partial charge in [-0.3, -0.25) is 19.7 Å². The monoisotopic (exact) mass is 374 g/mol. The Morgan fingerprint density at radius 2 is 1.88 bits per heavy atom. The summed E-state index contributed by atoms with van der Waals surface area (Å²) in [5.74, 6) is -1.85. The number of aryl methyl sites for hydroxylation is 1. The van der Waals surface area contributed by atoms with Gasteiger partial charge in [0.15, 0.2) is 0 Å². The van der Waals surface area contributed by atoms with E-state index < -0.39 is 16.7 Å². The maximum atomic E-state index is 11.8. The molecule has 134 valence electrons. The first-order valence-corrected chi connectivity index (χ1v) is 7.95. The molecule has 0 spiro atoms. The van der Waals surface area contributed by atoms with Crippen molar-refractivity contribution in [2.24, 2.45) is 5.10 Å². The smallest absolute Gasteiger partial charge is 0.318 e. The number of benzene rings is 2. The molecule has 2 aromatic rings. The lowest BCUT2D eigenvalue weighted by molar-refractivity contribution is -0.384. The van der Waals surface area contributed by atoms with Crippen molar-refractivity contribution in [2.45, 2.75) is 13.3 Å². The molecular weight excluding hydrogens is 360 g/mol. The first-order chi connectivity index (χ1) is 12.4. The van der Waals surface area contributed by atoms with Crippen LogP contribution in [0.4, 0.5) is 11.4 Å². The molecule has 0 aromatic heterocycles. The number of hydrogen-bond acceptors (Lipinski definition) is 5. The van der Waals surface area contributed by atoms with Crippen LogP contribution in [0.1, 0.15) is 18.1 Å². The Labute approximate surface area is 154 Å². The molecule has 0 aliphatic rings. The van der Waals surface area contributed by atoms with E-state index in [9.17, 15) is 19.7 Å². The Bertz CT molecular complexity index is 866. The summed E-state index contributed by atoms with van der Waals surface area (Å²) in [5.41, 5.74) is 3.71. The average molecular weight is 375 g/mol. The minimum Gasteiger partial charge on any atom is -0.318 e. The van der Waals surface area contributed by atoms with Gasteiger partial charge in [-0.25, -0.2) is 5.43 Å². The largest absolute Gasteiger partial charge is 0.329 e. The van der Waals surface area contributed by atoms with E-state index in [-0.39, 0.29) is 10.7 Å². The predicted molar refractivity (Wildman–Crippen MR) is 98.3 cm³/mol. The SMILES string of the molecule is CCc1ccc(NC(=O)C(=O)N/N=C/c2ccc(Cl)c([N+](=O)[O-])c2)cc1. The van der Waals surface area contributed by atoms with Crippen molar-refractivity contribution >= 4 is 41.0 Å². The van der Waals surface area contributed by atoms with E-state index in [1.807, 2.05) is 19.1 Å². The highest BCUT2D eigenvalue weighted by Crippen LogP contribution is 2.24. The van der Waals surface area contributed by atoms with Gasteiger partial charge in [0, 0.05) is 17.3 Å². The van der Waals surface area contributed by atoms with Crippen LogP contribution in [0.3, 0.4) is 0 Å². The summed E-state index contributed by atoms with van der Waals surface area (Å²) in [7, 11) is 0. The highest BCUT2D eigenvalue weighted by atomic mass is 35.5. The van der Waals surface area contributed by atoms with Gasteiger partial charge in [-0.2, -0.15) is 5.10 Å². The first kappa shape index (κ1) is 19.1. The molecule has 0 radical (unpaired) electrons. The van der Waals surface area contributed by atoms with Crippen molar-refractivity contribution < 1.29 is 14.5 Å². The van der Waals surface area contributed by atoms with Crippen molar-refractivity contribution in [3.8, 4) is 0 Å². The molecule has 0 aliphatic heterocycles. The molecule has 0 saturated carbocycles. The van der Waals surface area contributed by atoms with Crippen LogP contribution in [0.5, 0.6) is 0 Å². The standard InChI is InChI=1S/C17H15ClN4O4/c1-2-11-3-6-13(7-4-11)20-16(23)17(24)21-19-10-12-5-8-14(18)15(9-12)22(25)26/h3-10H,2H2,1H3,(H,20,23)(H,21,24)/b19-10+. The van der Waals surface area contributed by atoms with Crippen molar-refractivity contribution in [1.29, 1.82) is 0 Å². The fraction of sp³-hybridized carbons (Fsp3) is 0.118. The normalized spacial score (nSPS) is 10.5. The lowest BCUT2D eigenvalue weighted by Gasteiger charge is -2.04. The fourth-order valence-corrected chi connectivity index (χ4v) is 2.16. The quantitative estimate of drug-likeness (QED) is 0.362. The molecule has 2 rings (SSSR count). The van der Waals surface area contributed by atoms with Crippen molar-refractivity contribution in [3.63, 3.8) is 0 Å². The third-order valence-electron chi connectivity index (χ3n) is 3.37. The number of halogens is 1. The molecule has 0 aliphatic carbocycles. The molecule has 2 aromatic carbocycles. The van der Waals surface area contributed by atoms with Crippen LogP contribution < -0.4 is 10.7 Å². The zero-order chi connectivity index (χ0) is 19.1. The summed E-state index contributed by atoms with van der Waals surface area (Å²) in [6, 6.07) is 11.1. The molecule has 0 fully saturated rings. The number of carbonyl (C=O) groups excluding carboxylic acids is 2. The Kier molecular flexibility index (Phi) is 6.40. The van der Waals surface area contributed by atoms with Crippen LogP contribution in [0.2, 0.25) is 5.02 Å². The summed E-state index contributed by atoms with van der Waals surface area (Å²) < 4.78 is 0. The highest BCUT2D eigenvalue weighted by Gasteiger charge is 2.14. The molecule has 9 heteroatoms. The van der Waals surface area contributed by atoms with Crippen molar-refractivity contribution in [2.75, 3.05) is 5.32 Å². The number of nitrogens with zero attached hydrogens (tertiary/aromatic N) is 2. The third kappa shape index (κ3) is 5.12. The molecule has 0 bridgehead atoms. The Balaban J connectivity index is 1.94. The van der Waals surface area contributed by atoms with E-state index in [0.29, 0.717) is 11.3 Å². The second-order valence-electron chi connectivity index (χ2n) is 5.17. The summed E-state index contributed by atoms with van der Waals surface area (Å²) in [6.45, 7) is 2.01. The van der Waals surface area contributed by atoms with Crippen LogP contribution >= 0.6 is 11.6 Å². The second kappa shape index (κ2) is 8.72. The van der Waals surface area contributed by atoms with E-state index in [1.54, 1.807) is 12.1 Å². The maximum Gasteiger partial charge on any atom is 0.329 e. The van der Waals surface area contributed by atoms with Crippen molar-refractivity contribution in [1.82, 2.24) is 5.43 Å². The summed E-state index contributed by atoms with van der Waals surface area (Å²) in [5, 5.41) is 16.9. The van der Waals surface area contributed by atoms with Gasteiger partial charge in [0.25, 0.3) is 5.69 Å². The summed E-state index contributed by atoms with van der Waals surface area (Å²) >= 11 is 5.70. The van der Waals surface area contributed by atoms with Crippen molar-refractivity contribution in [3.05, 3.63) is 68.7 Å². The lowest BCUT2D eigenvalue weighted by atomic mass is 10.1. The number of nitro benzene ring substituents is 1. The summed E-state index contributed by atoms with van der Waals surface area (Å²) in [6.07, 6.45) is 2.04. The molecule has 0 saturated heterocycles. The average Bonchev–Trinajstić information content (AvgIpc) is 2.63. The second-order valence-corrected chi connectivity index (χ2v) is 5.58. The molecule has 0 heterocycles. The summed E-state index contributed by atoms with van der Waals surface area (Å²) in [4.78, 5) is 33.7. The van der Waals surface area contributed by atoms with Gasteiger partial charge in [-0.05, 0) is 30.2 Å². The Morgan fingerprint density at radius 1 is 1.19 bits per heavy atom. The van der Waals surface area contributed by atoms with Gasteiger partial charge in [0.2, 0.25) is 0 Å². The van der Waals surface area contributed by atoms with Gasteiger partial charge in [-0.15, -0.1) is 0 Å². The van der Waals surface area contributed by atoms with Crippen LogP contribution in [0.25, 0.3) is 0 Å². The van der Waals surface area contributed by atoms with Gasteiger partial charge >= 0.3 is 11.8 Å². The number of anilines is 1. The minimum absolute atomic E-state index is 0.00958. The number of hydrogen-bond donors (Lipinski definition) is 2. The van der Waals surface area contributed by atoms with E-state index in [0.717, 1.165) is 12.0 Å². The number of nitrogens with one attached hydrogen (secondary N) is 2. The van der Waals surface area contributed by atoms with E-state index in [2.05, 4.69) is 15.8 Å². The molecular formula is C17H15ClN4O4. The highest BCUT2D eigenvalue weighted by molar-refractivity contribution is 6.39. The van der Waals surface area contributed by atoms with Crippen LogP contribution in [0.15, 0.2) is 47.6 Å². The number of amides is 2. The topological polar surface area (TPSA) is 114 Å². The first-order valence-electron chi connectivity index (χ1n) is 7.58. The third-order valence-corrected chi connectivity index (χ3v) is 3.69. The fourth-order valence-electron chi connectivity index (χ4n) is 1.98. The minimum atomic E-state index is -0.968. The molecule has 26 heavy (non-hydrogen) atoms. The number of carbonyl (C=O) groups is 2. The lowest BCUT2D eigenvalue weighted by Crippen LogP contribution is -2.32. The molecule has 0 atom stereocenters. The van der Waals surface area contributed by atoms with Gasteiger partial charge in [-0.1, -0.05) is 36.7 Å². The predicted octanol–water partition coefficient (Wildman–Crippen LogP) is 2.90.